The topological polar surface area (TPSA) is 82.5 Å². The highest BCUT2D eigenvalue weighted by Gasteiger charge is 2.63. The fraction of sp³-hybridized carbons (Fsp3) is 0.793. The van der Waals surface area contributed by atoms with Crippen LogP contribution in [0.4, 0.5) is 5.82 Å². The summed E-state index contributed by atoms with van der Waals surface area (Å²) in [6.45, 7) is 7.15. The molecule has 0 radical (unpaired) electrons. The zero-order chi connectivity index (χ0) is 24.1. The number of carbonyl (C=O) groups is 1. The maximum absolute atomic E-state index is 12.5. The number of carbonyl (C=O) groups excluding carboxylic acids is 1. The molecule has 1 amide bonds. The lowest BCUT2D eigenvalue weighted by molar-refractivity contribution is -0.174. The normalized spacial score (nSPS) is 44.4. The average molecular weight is 469 g/mol. The molecule has 1 heterocycles. The number of hydrogen-bond donors (Lipinski definition) is 3. The summed E-state index contributed by atoms with van der Waals surface area (Å²) < 4.78 is 0. The summed E-state index contributed by atoms with van der Waals surface area (Å²) in [5.41, 5.74) is 0.229. The number of aliphatic hydroxyl groups excluding tert-OH is 2. The highest BCUT2D eigenvalue weighted by molar-refractivity contribution is 5.89. The minimum atomic E-state index is -0.265. The molecule has 3 N–H and O–H groups in total. The summed E-state index contributed by atoms with van der Waals surface area (Å²) in [5, 5.41) is 24.9. The third kappa shape index (κ3) is 4.01. The second-order valence-electron chi connectivity index (χ2n) is 12.7. The van der Waals surface area contributed by atoms with Gasteiger partial charge in [-0.05, 0) is 116 Å². The Labute approximate surface area is 205 Å². The van der Waals surface area contributed by atoms with Crippen LogP contribution in [0.25, 0.3) is 0 Å². The monoisotopic (exact) mass is 468 g/mol. The molecule has 0 saturated heterocycles. The van der Waals surface area contributed by atoms with Crippen LogP contribution in [0.1, 0.15) is 85.0 Å². The van der Waals surface area contributed by atoms with E-state index < -0.39 is 0 Å². The molecule has 34 heavy (non-hydrogen) atoms. The molecule has 0 aliphatic heterocycles. The van der Waals surface area contributed by atoms with Crippen LogP contribution in [0.3, 0.4) is 0 Å². The molecular weight excluding hydrogens is 424 g/mol. The van der Waals surface area contributed by atoms with Gasteiger partial charge in [-0.3, -0.25) is 4.79 Å². The Morgan fingerprint density at radius 3 is 2.71 bits per heavy atom. The summed E-state index contributed by atoms with van der Waals surface area (Å²) in [4.78, 5) is 16.7. The van der Waals surface area contributed by atoms with Gasteiger partial charge in [-0.1, -0.05) is 26.8 Å². The van der Waals surface area contributed by atoms with Gasteiger partial charge in [0.15, 0.2) is 0 Å². The van der Waals surface area contributed by atoms with Gasteiger partial charge in [-0.2, -0.15) is 0 Å². The molecule has 4 aliphatic rings. The van der Waals surface area contributed by atoms with Crippen LogP contribution in [0.5, 0.6) is 0 Å². The molecule has 0 aromatic carbocycles. The molecule has 1 aromatic heterocycles. The van der Waals surface area contributed by atoms with Crippen molar-refractivity contribution < 1.29 is 15.0 Å². The second kappa shape index (κ2) is 9.20. The highest BCUT2D eigenvalue weighted by Crippen LogP contribution is 2.68. The van der Waals surface area contributed by atoms with E-state index in [0.717, 1.165) is 32.1 Å². The van der Waals surface area contributed by atoms with Gasteiger partial charge in [0.2, 0.25) is 5.91 Å². The summed E-state index contributed by atoms with van der Waals surface area (Å²) in [6, 6.07) is 5.55. The summed E-state index contributed by atoms with van der Waals surface area (Å²) in [7, 11) is 0. The highest BCUT2D eigenvalue weighted by atomic mass is 16.3. The molecule has 10 atom stereocenters. The minimum Gasteiger partial charge on any atom is -0.393 e. The first kappa shape index (κ1) is 24.2. The summed E-state index contributed by atoms with van der Waals surface area (Å²) in [5.74, 6) is 4.01. The van der Waals surface area contributed by atoms with Gasteiger partial charge in [0.05, 0.1) is 12.2 Å². The third-order valence-electron chi connectivity index (χ3n) is 11.3. The Balaban J connectivity index is 1.26. The van der Waals surface area contributed by atoms with Gasteiger partial charge in [0, 0.05) is 12.6 Å². The standard InChI is InChI=1S/C29H44N2O3/c1-18(7-12-27(34)31-26-6-4-5-15-30-26)22-10-11-23-21-9-8-19-16-20(32)13-14-28(19,2)24(21)17-25(33)29(22,23)3/h4-6,15,18-25,32-33H,7-14,16-17H2,1-3H3,(H,30,31,34)/t18-,19-,20-,21+,22-,23+,24+,25+,28+,29-/m1/s1. The van der Waals surface area contributed by atoms with Crippen LogP contribution in [0.2, 0.25) is 0 Å². The number of amides is 1. The van der Waals surface area contributed by atoms with Gasteiger partial charge >= 0.3 is 0 Å². The Morgan fingerprint density at radius 1 is 1.12 bits per heavy atom. The molecule has 4 saturated carbocycles. The van der Waals surface area contributed by atoms with Crippen molar-refractivity contribution in [2.24, 2.45) is 46.3 Å². The quantitative estimate of drug-likeness (QED) is 0.538. The predicted octanol–water partition coefficient (Wildman–Crippen LogP) is 5.43. The van der Waals surface area contributed by atoms with E-state index in [2.05, 4.69) is 31.1 Å². The van der Waals surface area contributed by atoms with Crippen molar-refractivity contribution in [3.63, 3.8) is 0 Å². The Morgan fingerprint density at radius 2 is 1.94 bits per heavy atom. The molecule has 188 valence electrons. The molecule has 5 nitrogen and oxygen atoms in total. The smallest absolute Gasteiger partial charge is 0.225 e. The van der Waals surface area contributed by atoms with Gasteiger partial charge in [0.25, 0.3) is 0 Å². The molecule has 4 fully saturated rings. The number of fused-ring (bicyclic) bond motifs is 5. The summed E-state index contributed by atoms with van der Waals surface area (Å²) >= 11 is 0. The molecule has 5 heteroatoms. The lowest BCUT2D eigenvalue weighted by Gasteiger charge is -2.62. The van der Waals surface area contributed by atoms with Crippen molar-refractivity contribution in [3.8, 4) is 0 Å². The third-order valence-corrected chi connectivity index (χ3v) is 11.3. The Bertz CT molecular complexity index is 877. The fourth-order valence-electron chi connectivity index (χ4n) is 9.36. The Hall–Kier alpha value is -1.46. The van der Waals surface area contributed by atoms with E-state index in [1.54, 1.807) is 6.20 Å². The van der Waals surface area contributed by atoms with Crippen molar-refractivity contribution in [1.29, 1.82) is 0 Å². The fourth-order valence-corrected chi connectivity index (χ4v) is 9.36. The maximum atomic E-state index is 12.5. The van der Waals surface area contributed by atoms with Gasteiger partial charge in [0.1, 0.15) is 5.82 Å². The second-order valence-corrected chi connectivity index (χ2v) is 12.7. The number of hydrogen-bond acceptors (Lipinski definition) is 4. The first-order valence-corrected chi connectivity index (χ1v) is 13.8. The molecule has 4 aliphatic carbocycles. The number of pyridine rings is 1. The number of aromatic nitrogens is 1. The van der Waals surface area contributed by atoms with E-state index >= 15 is 0 Å². The van der Waals surface area contributed by atoms with E-state index in [-0.39, 0.29) is 28.9 Å². The van der Waals surface area contributed by atoms with Crippen LogP contribution in [0, 0.1) is 46.3 Å². The van der Waals surface area contributed by atoms with Gasteiger partial charge < -0.3 is 15.5 Å². The van der Waals surface area contributed by atoms with E-state index in [9.17, 15) is 15.0 Å². The largest absolute Gasteiger partial charge is 0.393 e. The zero-order valence-corrected chi connectivity index (χ0v) is 21.2. The maximum Gasteiger partial charge on any atom is 0.225 e. The summed E-state index contributed by atoms with van der Waals surface area (Å²) in [6.07, 6.45) is 11.5. The number of aliphatic hydroxyl groups is 2. The molecule has 0 unspecified atom stereocenters. The van der Waals surface area contributed by atoms with Crippen molar-refractivity contribution >= 4 is 11.7 Å². The van der Waals surface area contributed by atoms with E-state index in [0.29, 0.717) is 47.7 Å². The van der Waals surface area contributed by atoms with Crippen LogP contribution in [-0.2, 0) is 4.79 Å². The van der Waals surface area contributed by atoms with Crippen LogP contribution < -0.4 is 5.32 Å². The molecule has 0 bridgehead atoms. The van der Waals surface area contributed by atoms with Crippen molar-refractivity contribution in [2.75, 3.05) is 5.32 Å². The number of rotatable bonds is 5. The van der Waals surface area contributed by atoms with Crippen LogP contribution in [0.15, 0.2) is 24.4 Å². The average Bonchev–Trinajstić information content (AvgIpc) is 3.18. The van der Waals surface area contributed by atoms with Crippen molar-refractivity contribution in [2.45, 2.75) is 97.2 Å². The van der Waals surface area contributed by atoms with Crippen LogP contribution >= 0.6 is 0 Å². The van der Waals surface area contributed by atoms with Crippen LogP contribution in [-0.4, -0.2) is 33.3 Å². The van der Waals surface area contributed by atoms with Crippen molar-refractivity contribution in [3.05, 3.63) is 24.4 Å². The molecular formula is C29H44N2O3. The first-order valence-electron chi connectivity index (χ1n) is 13.8. The predicted molar refractivity (Wildman–Crippen MR) is 134 cm³/mol. The SMILES string of the molecule is C[C@H](CCC(=O)Nc1ccccn1)[C@H]1CC[C@H]2[C@@H]3CC[C@@H]4C[C@H](O)CC[C@]4(C)[C@H]3C[C@H](O)[C@]12C. The van der Waals surface area contributed by atoms with E-state index in [4.69, 9.17) is 0 Å². The zero-order valence-electron chi connectivity index (χ0n) is 21.2. The number of nitrogens with zero attached hydrogens (tertiary/aromatic N) is 1. The molecule has 0 spiro atoms. The molecule has 1 aromatic rings. The lowest BCUT2D eigenvalue weighted by atomic mass is 9.43. The van der Waals surface area contributed by atoms with Gasteiger partial charge in [-0.25, -0.2) is 4.98 Å². The minimum absolute atomic E-state index is 0.0280. The van der Waals surface area contributed by atoms with Crippen molar-refractivity contribution in [1.82, 2.24) is 4.98 Å². The number of anilines is 1. The van der Waals surface area contributed by atoms with E-state index in [1.165, 1.54) is 25.7 Å². The van der Waals surface area contributed by atoms with Gasteiger partial charge in [-0.15, -0.1) is 0 Å². The molecule has 5 rings (SSSR count). The lowest BCUT2D eigenvalue weighted by Crippen LogP contribution is -2.58. The van der Waals surface area contributed by atoms with E-state index in [1.807, 2.05) is 18.2 Å². The first-order chi connectivity index (χ1) is 16.2. The Kier molecular flexibility index (Phi) is 6.56. The number of nitrogens with one attached hydrogen (secondary N) is 1.